The van der Waals surface area contributed by atoms with Crippen LogP contribution in [0.25, 0.3) is 0 Å². The third-order valence-electron chi connectivity index (χ3n) is 1.92. The molecule has 1 rings (SSSR count). The molecule has 72 valence electrons. The predicted molar refractivity (Wildman–Crippen MR) is 53.1 cm³/mol. The fraction of sp³-hybridized carbons (Fsp3) is 0.333. The summed E-state index contributed by atoms with van der Waals surface area (Å²) in [6.45, 7) is 1.87. The Morgan fingerprint density at radius 3 is 2.08 bits per heavy atom. The van der Waals surface area contributed by atoms with E-state index in [4.69, 9.17) is 20.9 Å². The van der Waals surface area contributed by atoms with E-state index in [-0.39, 0.29) is 0 Å². The monoisotopic (exact) mass is 182 g/mol. The van der Waals surface area contributed by atoms with Gasteiger partial charge >= 0.3 is 0 Å². The molecule has 0 spiro atoms. The quantitative estimate of drug-likeness (QED) is 0.674. The number of anilines is 2. The second-order valence-electron chi connectivity index (χ2n) is 2.76. The lowest BCUT2D eigenvalue weighted by molar-refractivity contribution is 0.358. The average Bonchev–Trinajstić information content (AvgIpc) is 2.10. The summed E-state index contributed by atoms with van der Waals surface area (Å²) < 4.78 is 10.2. The van der Waals surface area contributed by atoms with Gasteiger partial charge in [0.05, 0.1) is 25.6 Å². The average molecular weight is 182 g/mol. The molecule has 0 aliphatic heterocycles. The van der Waals surface area contributed by atoms with Gasteiger partial charge in [0.15, 0.2) is 11.5 Å². The van der Waals surface area contributed by atoms with Crippen molar-refractivity contribution in [1.82, 2.24) is 0 Å². The molecule has 0 aromatic heterocycles. The van der Waals surface area contributed by atoms with Crippen LogP contribution in [0.1, 0.15) is 5.56 Å². The van der Waals surface area contributed by atoms with E-state index in [9.17, 15) is 0 Å². The van der Waals surface area contributed by atoms with E-state index in [0.717, 1.165) is 5.56 Å². The van der Waals surface area contributed by atoms with Crippen molar-refractivity contribution in [2.75, 3.05) is 25.7 Å². The summed E-state index contributed by atoms with van der Waals surface area (Å²) >= 11 is 0. The molecule has 0 heterocycles. The van der Waals surface area contributed by atoms with Gasteiger partial charge in [0.2, 0.25) is 0 Å². The smallest absolute Gasteiger partial charge is 0.186 e. The van der Waals surface area contributed by atoms with Crippen LogP contribution in [0.15, 0.2) is 6.07 Å². The summed E-state index contributed by atoms with van der Waals surface area (Å²) in [5, 5.41) is 0. The SMILES string of the molecule is COc1c(N)cc(C)c(N)c1OC. The van der Waals surface area contributed by atoms with Gasteiger partial charge in [0.1, 0.15) is 0 Å². The van der Waals surface area contributed by atoms with Crippen molar-refractivity contribution in [2.45, 2.75) is 6.92 Å². The van der Waals surface area contributed by atoms with Crippen molar-refractivity contribution < 1.29 is 9.47 Å². The Kier molecular flexibility index (Phi) is 2.51. The maximum atomic E-state index is 5.78. The second kappa shape index (κ2) is 3.43. The zero-order valence-corrected chi connectivity index (χ0v) is 8.05. The lowest BCUT2D eigenvalue weighted by Gasteiger charge is -2.14. The summed E-state index contributed by atoms with van der Waals surface area (Å²) in [6, 6.07) is 1.76. The number of rotatable bonds is 2. The molecule has 1 aromatic carbocycles. The summed E-state index contributed by atoms with van der Waals surface area (Å²) in [7, 11) is 3.07. The molecule has 1 aromatic rings. The maximum absolute atomic E-state index is 5.78. The summed E-state index contributed by atoms with van der Waals surface area (Å²) in [5.74, 6) is 0.991. The molecule has 0 fully saturated rings. The third kappa shape index (κ3) is 1.47. The van der Waals surface area contributed by atoms with E-state index in [0.29, 0.717) is 22.9 Å². The van der Waals surface area contributed by atoms with Gasteiger partial charge in [0, 0.05) is 0 Å². The van der Waals surface area contributed by atoms with Gasteiger partial charge in [-0.1, -0.05) is 0 Å². The lowest BCUT2D eigenvalue weighted by Crippen LogP contribution is -2.01. The molecular weight excluding hydrogens is 168 g/mol. The van der Waals surface area contributed by atoms with E-state index >= 15 is 0 Å². The van der Waals surface area contributed by atoms with Gasteiger partial charge in [0.25, 0.3) is 0 Å². The predicted octanol–water partition coefficient (Wildman–Crippen LogP) is 1.18. The van der Waals surface area contributed by atoms with Crippen molar-refractivity contribution in [3.05, 3.63) is 11.6 Å². The number of hydrogen-bond acceptors (Lipinski definition) is 4. The van der Waals surface area contributed by atoms with E-state index in [2.05, 4.69) is 0 Å². The van der Waals surface area contributed by atoms with Crippen LogP contribution in [-0.2, 0) is 0 Å². The molecule has 0 bridgehead atoms. The molecule has 0 atom stereocenters. The fourth-order valence-corrected chi connectivity index (χ4v) is 1.22. The van der Waals surface area contributed by atoms with Gasteiger partial charge in [-0.15, -0.1) is 0 Å². The highest BCUT2D eigenvalue weighted by molar-refractivity contribution is 5.74. The van der Waals surface area contributed by atoms with Gasteiger partial charge in [-0.3, -0.25) is 0 Å². The molecular formula is C9H14N2O2. The number of benzene rings is 1. The molecule has 0 radical (unpaired) electrons. The Morgan fingerprint density at radius 1 is 1.08 bits per heavy atom. The van der Waals surface area contributed by atoms with Gasteiger partial charge < -0.3 is 20.9 Å². The molecule has 4 nitrogen and oxygen atoms in total. The minimum absolute atomic E-state index is 0.491. The first-order chi connectivity index (χ1) is 6.11. The highest BCUT2D eigenvalue weighted by atomic mass is 16.5. The number of ether oxygens (including phenoxy) is 2. The molecule has 4 N–H and O–H groups in total. The van der Waals surface area contributed by atoms with E-state index in [1.165, 1.54) is 14.2 Å². The van der Waals surface area contributed by atoms with Crippen LogP contribution in [-0.4, -0.2) is 14.2 Å². The first kappa shape index (κ1) is 9.51. The molecule has 4 heteroatoms. The highest BCUT2D eigenvalue weighted by Gasteiger charge is 2.13. The van der Waals surface area contributed by atoms with E-state index in [1.54, 1.807) is 6.07 Å². The number of nitrogen functional groups attached to an aromatic ring is 2. The molecule has 0 amide bonds. The molecule has 0 unspecified atom stereocenters. The Hall–Kier alpha value is -1.58. The zero-order valence-electron chi connectivity index (χ0n) is 8.05. The summed E-state index contributed by atoms with van der Waals surface area (Å²) in [4.78, 5) is 0. The molecule has 0 aliphatic carbocycles. The Bertz CT molecular complexity index is 324. The standard InChI is InChI=1S/C9H14N2O2/c1-5-4-6(10)8(12-2)9(13-3)7(5)11/h4H,10-11H2,1-3H3. The van der Waals surface area contributed by atoms with Gasteiger partial charge in [-0.05, 0) is 18.6 Å². The van der Waals surface area contributed by atoms with Crippen molar-refractivity contribution in [3.8, 4) is 11.5 Å². The van der Waals surface area contributed by atoms with Crippen LogP contribution in [0.2, 0.25) is 0 Å². The van der Waals surface area contributed by atoms with Crippen molar-refractivity contribution in [3.63, 3.8) is 0 Å². The summed E-state index contributed by atoms with van der Waals surface area (Å²) in [5.41, 5.74) is 13.5. The van der Waals surface area contributed by atoms with Crippen LogP contribution in [0.4, 0.5) is 11.4 Å². The Labute approximate surface area is 77.4 Å². The first-order valence-electron chi connectivity index (χ1n) is 3.88. The largest absolute Gasteiger partial charge is 0.491 e. The fourth-order valence-electron chi connectivity index (χ4n) is 1.22. The highest BCUT2D eigenvalue weighted by Crippen LogP contribution is 2.40. The molecule has 0 saturated heterocycles. The Balaban J connectivity index is 3.41. The van der Waals surface area contributed by atoms with Crippen molar-refractivity contribution in [1.29, 1.82) is 0 Å². The normalized spacial score (nSPS) is 9.77. The second-order valence-corrected chi connectivity index (χ2v) is 2.76. The number of aryl methyl sites for hydroxylation is 1. The van der Waals surface area contributed by atoms with Crippen LogP contribution >= 0.6 is 0 Å². The van der Waals surface area contributed by atoms with Crippen LogP contribution in [0.5, 0.6) is 11.5 Å². The number of nitrogens with two attached hydrogens (primary N) is 2. The van der Waals surface area contributed by atoms with Gasteiger partial charge in [-0.2, -0.15) is 0 Å². The first-order valence-corrected chi connectivity index (χ1v) is 3.88. The molecule has 0 saturated carbocycles. The topological polar surface area (TPSA) is 70.5 Å². The minimum Gasteiger partial charge on any atom is -0.491 e. The Morgan fingerprint density at radius 2 is 1.62 bits per heavy atom. The molecule has 13 heavy (non-hydrogen) atoms. The lowest BCUT2D eigenvalue weighted by atomic mass is 10.1. The van der Waals surface area contributed by atoms with Crippen molar-refractivity contribution in [2.24, 2.45) is 0 Å². The number of methoxy groups -OCH3 is 2. The number of hydrogen-bond donors (Lipinski definition) is 2. The molecule has 0 aliphatic rings. The van der Waals surface area contributed by atoms with Crippen LogP contribution < -0.4 is 20.9 Å². The van der Waals surface area contributed by atoms with Crippen LogP contribution in [0.3, 0.4) is 0 Å². The van der Waals surface area contributed by atoms with Crippen molar-refractivity contribution >= 4 is 11.4 Å². The maximum Gasteiger partial charge on any atom is 0.186 e. The zero-order chi connectivity index (χ0) is 10.0. The van der Waals surface area contributed by atoms with E-state index in [1.807, 2.05) is 6.92 Å². The minimum atomic E-state index is 0.491. The van der Waals surface area contributed by atoms with E-state index < -0.39 is 0 Å². The summed E-state index contributed by atoms with van der Waals surface area (Å²) in [6.07, 6.45) is 0. The van der Waals surface area contributed by atoms with Crippen LogP contribution in [0, 0.1) is 6.92 Å². The third-order valence-corrected chi connectivity index (χ3v) is 1.92. The van der Waals surface area contributed by atoms with Gasteiger partial charge in [-0.25, -0.2) is 0 Å².